The summed E-state index contributed by atoms with van der Waals surface area (Å²) in [6.07, 6.45) is 3.39. The molecule has 0 fully saturated rings. The number of rotatable bonds is 10. The Morgan fingerprint density at radius 2 is 1.62 bits per heavy atom. The second kappa shape index (κ2) is 13.0. The number of aryl methyl sites for hydroxylation is 2. The molecule has 2 aromatic heterocycles. The molecular weight excluding hydrogens is 508 g/mol. The van der Waals surface area contributed by atoms with Gasteiger partial charge in [-0.3, -0.25) is 14.6 Å². The minimum absolute atomic E-state index is 0.0807. The number of nitrogens with zero attached hydrogens (tertiary/aromatic N) is 5. The number of aromatic nitrogens is 3. The zero-order chi connectivity index (χ0) is 27.8. The van der Waals surface area contributed by atoms with Crippen LogP contribution in [-0.4, -0.2) is 51.5 Å². The van der Waals surface area contributed by atoms with Crippen molar-refractivity contribution in [2.24, 2.45) is 0 Å². The Kier molecular flexibility index (Phi) is 9.27. The van der Waals surface area contributed by atoms with E-state index in [4.69, 9.17) is 0 Å². The van der Waals surface area contributed by atoms with Crippen molar-refractivity contribution in [2.75, 3.05) is 30.1 Å². The molecule has 0 saturated heterocycles. The second-order valence-corrected chi connectivity index (χ2v) is 10.3. The predicted octanol–water partition coefficient (Wildman–Crippen LogP) is 5.06. The number of hydrogen-bond donors (Lipinski definition) is 1. The lowest BCUT2D eigenvalue weighted by Crippen LogP contribution is -2.41. The quantitative estimate of drug-likeness (QED) is 0.222. The molecule has 4 rings (SSSR count). The van der Waals surface area contributed by atoms with E-state index < -0.39 is 6.04 Å². The highest BCUT2D eigenvalue weighted by atomic mass is 32.2. The first-order valence-electron chi connectivity index (χ1n) is 12.6. The summed E-state index contributed by atoms with van der Waals surface area (Å²) in [5.41, 5.74) is 4.88. The topological polar surface area (TPSA) is 91.3 Å². The van der Waals surface area contributed by atoms with Crippen molar-refractivity contribution < 1.29 is 9.59 Å². The SMILES string of the molecule is Cc1cc(C)nc(SCC(=O)N(Cc2cccnc2)[C@@H](C(=O)Nc2ccc(N(C)C)cc2)c2ccccc2)n1. The number of hydrogen-bond acceptors (Lipinski definition) is 7. The molecule has 2 aromatic carbocycles. The van der Waals surface area contributed by atoms with Gasteiger partial charge in [-0.1, -0.05) is 48.2 Å². The molecule has 39 heavy (non-hydrogen) atoms. The predicted molar refractivity (Wildman–Crippen MR) is 156 cm³/mol. The third-order valence-electron chi connectivity index (χ3n) is 6.01. The van der Waals surface area contributed by atoms with Crippen LogP contribution in [0.4, 0.5) is 11.4 Å². The molecular formula is C30H32N6O2S. The highest BCUT2D eigenvalue weighted by Gasteiger charge is 2.32. The van der Waals surface area contributed by atoms with E-state index in [1.807, 2.05) is 106 Å². The standard InChI is InChI=1S/C30H32N6O2S/c1-21-17-22(2)33-30(32-21)39-20-27(37)36(19-23-9-8-16-31-18-23)28(24-10-6-5-7-11-24)29(38)34-25-12-14-26(15-13-25)35(3)4/h5-18,28H,19-20H2,1-4H3,(H,34,38)/t28-/m1/s1. The molecule has 0 saturated carbocycles. The van der Waals surface area contributed by atoms with Crippen LogP contribution in [-0.2, 0) is 16.1 Å². The molecule has 200 valence electrons. The highest BCUT2D eigenvalue weighted by Crippen LogP contribution is 2.27. The first-order chi connectivity index (χ1) is 18.8. The van der Waals surface area contributed by atoms with Crippen LogP contribution in [0.5, 0.6) is 0 Å². The summed E-state index contributed by atoms with van der Waals surface area (Å²) in [6, 6.07) is 21.7. The zero-order valence-electron chi connectivity index (χ0n) is 22.5. The van der Waals surface area contributed by atoms with Crippen LogP contribution >= 0.6 is 11.8 Å². The lowest BCUT2D eigenvalue weighted by molar-refractivity contribution is -0.137. The maximum absolute atomic E-state index is 13.9. The molecule has 1 atom stereocenters. The van der Waals surface area contributed by atoms with Crippen molar-refractivity contribution in [3.05, 3.63) is 108 Å². The third kappa shape index (κ3) is 7.64. The number of thioether (sulfide) groups is 1. The van der Waals surface area contributed by atoms with Crippen molar-refractivity contribution in [2.45, 2.75) is 31.6 Å². The van der Waals surface area contributed by atoms with Gasteiger partial charge in [0.2, 0.25) is 5.91 Å². The van der Waals surface area contributed by atoms with Gasteiger partial charge in [0.25, 0.3) is 5.91 Å². The van der Waals surface area contributed by atoms with E-state index in [0.29, 0.717) is 16.4 Å². The average molecular weight is 541 g/mol. The van der Waals surface area contributed by atoms with Gasteiger partial charge < -0.3 is 15.1 Å². The van der Waals surface area contributed by atoms with E-state index in [-0.39, 0.29) is 24.1 Å². The Bertz CT molecular complexity index is 1380. The number of amides is 2. The lowest BCUT2D eigenvalue weighted by atomic mass is 10.0. The van der Waals surface area contributed by atoms with Crippen molar-refractivity contribution in [3.63, 3.8) is 0 Å². The fourth-order valence-corrected chi connectivity index (χ4v) is 4.98. The van der Waals surface area contributed by atoms with Gasteiger partial charge in [0.05, 0.1) is 5.75 Å². The van der Waals surface area contributed by atoms with Crippen LogP contribution < -0.4 is 10.2 Å². The maximum atomic E-state index is 13.9. The Morgan fingerprint density at radius 3 is 2.23 bits per heavy atom. The van der Waals surface area contributed by atoms with E-state index >= 15 is 0 Å². The number of anilines is 2. The number of pyridine rings is 1. The Hall–Kier alpha value is -4.24. The first kappa shape index (κ1) is 27.8. The van der Waals surface area contributed by atoms with E-state index in [1.165, 1.54) is 11.8 Å². The first-order valence-corrected chi connectivity index (χ1v) is 13.6. The minimum atomic E-state index is -0.867. The largest absolute Gasteiger partial charge is 0.378 e. The maximum Gasteiger partial charge on any atom is 0.251 e. The van der Waals surface area contributed by atoms with Gasteiger partial charge >= 0.3 is 0 Å². The monoisotopic (exact) mass is 540 g/mol. The van der Waals surface area contributed by atoms with Crippen LogP contribution in [0.3, 0.4) is 0 Å². The number of carbonyl (C=O) groups is 2. The van der Waals surface area contributed by atoms with E-state index in [9.17, 15) is 9.59 Å². The van der Waals surface area contributed by atoms with E-state index in [0.717, 1.165) is 22.6 Å². The molecule has 0 bridgehead atoms. The lowest BCUT2D eigenvalue weighted by Gasteiger charge is -2.31. The molecule has 0 unspecified atom stereocenters. The van der Waals surface area contributed by atoms with E-state index in [1.54, 1.807) is 17.3 Å². The molecule has 2 amide bonds. The van der Waals surface area contributed by atoms with E-state index in [2.05, 4.69) is 20.3 Å². The summed E-state index contributed by atoms with van der Waals surface area (Å²) in [5.74, 6) is -0.431. The van der Waals surface area contributed by atoms with Crippen molar-refractivity contribution >= 4 is 35.0 Å². The summed E-state index contributed by atoms with van der Waals surface area (Å²) < 4.78 is 0. The Balaban J connectivity index is 1.65. The smallest absolute Gasteiger partial charge is 0.251 e. The van der Waals surface area contributed by atoms with Crippen LogP contribution in [0.2, 0.25) is 0 Å². The molecule has 0 radical (unpaired) electrons. The molecule has 0 aliphatic heterocycles. The van der Waals surface area contributed by atoms with Crippen molar-refractivity contribution in [3.8, 4) is 0 Å². The molecule has 2 heterocycles. The second-order valence-electron chi connectivity index (χ2n) is 9.35. The van der Waals surface area contributed by atoms with Gasteiger partial charge in [-0.2, -0.15) is 0 Å². The molecule has 8 nitrogen and oxygen atoms in total. The Morgan fingerprint density at radius 1 is 0.923 bits per heavy atom. The molecule has 0 aliphatic carbocycles. The fourth-order valence-electron chi connectivity index (χ4n) is 4.14. The summed E-state index contributed by atoms with van der Waals surface area (Å²) in [7, 11) is 3.92. The number of benzene rings is 2. The van der Waals surface area contributed by atoms with Crippen LogP contribution in [0, 0.1) is 13.8 Å². The summed E-state index contributed by atoms with van der Waals surface area (Å²) in [6.45, 7) is 4.01. The van der Waals surface area contributed by atoms with Gasteiger partial charge in [-0.25, -0.2) is 9.97 Å². The van der Waals surface area contributed by atoms with Crippen LogP contribution in [0.25, 0.3) is 0 Å². The summed E-state index contributed by atoms with van der Waals surface area (Å²) >= 11 is 1.26. The van der Waals surface area contributed by atoms with Crippen molar-refractivity contribution in [1.82, 2.24) is 19.9 Å². The fraction of sp³-hybridized carbons (Fsp3) is 0.233. The van der Waals surface area contributed by atoms with Gasteiger partial charge in [-0.15, -0.1) is 0 Å². The van der Waals surface area contributed by atoms with Gasteiger partial charge in [0.15, 0.2) is 5.16 Å². The molecule has 9 heteroatoms. The summed E-state index contributed by atoms with van der Waals surface area (Å²) in [4.78, 5) is 44.4. The number of carbonyl (C=O) groups excluding carboxylic acids is 2. The summed E-state index contributed by atoms with van der Waals surface area (Å²) in [5, 5.41) is 3.55. The Labute approximate surface area is 233 Å². The molecule has 0 aliphatic rings. The van der Waals surface area contributed by atoms with Crippen molar-refractivity contribution in [1.29, 1.82) is 0 Å². The van der Waals surface area contributed by atoms with Gasteiger partial charge in [0, 0.05) is 55.8 Å². The third-order valence-corrected chi connectivity index (χ3v) is 6.84. The van der Waals surface area contributed by atoms with Crippen LogP contribution in [0.15, 0.2) is 90.3 Å². The average Bonchev–Trinajstić information content (AvgIpc) is 2.92. The molecule has 0 spiro atoms. The van der Waals surface area contributed by atoms with Gasteiger partial charge in [-0.05, 0) is 61.4 Å². The normalized spacial score (nSPS) is 11.5. The highest BCUT2D eigenvalue weighted by molar-refractivity contribution is 7.99. The zero-order valence-corrected chi connectivity index (χ0v) is 23.4. The number of nitrogens with one attached hydrogen (secondary N) is 1. The van der Waals surface area contributed by atoms with Gasteiger partial charge in [0.1, 0.15) is 6.04 Å². The molecule has 4 aromatic rings. The molecule has 1 N–H and O–H groups in total. The van der Waals surface area contributed by atoms with Crippen LogP contribution in [0.1, 0.15) is 28.6 Å². The minimum Gasteiger partial charge on any atom is -0.378 e.